The van der Waals surface area contributed by atoms with Gasteiger partial charge in [0.15, 0.2) is 11.3 Å². The van der Waals surface area contributed by atoms with Crippen LogP contribution in [0.15, 0.2) is 46.2 Å². The van der Waals surface area contributed by atoms with Gasteiger partial charge in [-0.15, -0.1) is 0 Å². The van der Waals surface area contributed by atoms with E-state index in [0.717, 1.165) is 32.5 Å². The zero-order chi connectivity index (χ0) is 32.6. The van der Waals surface area contributed by atoms with Crippen LogP contribution < -0.4 is 25.9 Å². The van der Waals surface area contributed by atoms with Crippen LogP contribution in [-0.4, -0.2) is 91.8 Å². The fourth-order valence-electron chi connectivity index (χ4n) is 4.75. The number of aldehydes is 1. The molecule has 1 amide bonds. The Balaban J connectivity index is 0.000000242. The highest BCUT2D eigenvalue weighted by atomic mass is 16.6. The van der Waals surface area contributed by atoms with Crippen molar-refractivity contribution in [1.82, 2.24) is 39.3 Å². The molecule has 15 nitrogen and oxygen atoms in total. The lowest BCUT2D eigenvalue weighted by atomic mass is 10.1. The Bertz CT molecular complexity index is 1760. The molecule has 0 atom stereocenters. The zero-order valence-electron chi connectivity index (χ0n) is 26.1. The standard InChI is InChI=1S/C20H29N5O4.C10H9N3O3/c1-20(2,3)29-19(27)22-14-7-9-24(10-8-14)11-12-25-17(26)13-21-15-5-6-16(28-4)23-18(15)25;1-16-8-3-2-7-10(12-8)13(4-5-14)9(15)6-11-7/h5-6,13-14H,7-12H2,1-4H3,(H,22,27);2-3,5-6H,4H2,1H3. The van der Waals surface area contributed by atoms with Gasteiger partial charge in [0.1, 0.15) is 22.9 Å². The second-order valence-corrected chi connectivity index (χ2v) is 11.3. The summed E-state index contributed by atoms with van der Waals surface area (Å²) in [6, 6.07) is 6.96. The number of alkyl carbamates (subject to hydrolysis) is 1. The van der Waals surface area contributed by atoms with Crippen LogP contribution in [0.4, 0.5) is 4.79 Å². The van der Waals surface area contributed by atoms with Gasteiger partial charge >= 0.3 is 6.09 Å². The number of pyridine rings is 2. The van der Waals surface area contributed by atoms with E-state index in [1.165, 1.54) is 24.1 Å². The molecule has 1 fully saturated rings. The summed E-state index contributed by atoms with van der Waals surface area (Å²) in [4.78, 5) is 65.1. The first kappa shape index (κ1) is 33.0. The minimum Gasteiger partial charge on any atom is -0.481 e. The first-order chi connectivity index (χ1) is 21.5. The highest BCUT2D eigenvalue weighted by molar-refractivity contribution is 5.72. The van der Waals surface area contributed by atoms with E-state index in [-0.39, 0.29) is 29.8 Å². The molecule has 0 bridgehead atoms. The van der Waals surface area contributed by atoms with Crippen LogP contribution in [0.25, 0.3) is 22.3 Å². The van der Waals surface area contributed by atoms with Crippen molar-refractivity contribution >= 4 is 34.7 Å². The molecule has 1 aliphatic rings. The maximum Gasteiger partial charge on any atom is 0.407 e. The molecule has 4 aromatic rings. The summed E-state index contributed by atoms with van der Waals surface area (Å²) >= 11 is 0. The van der Waals surface area contributed by atoms with Gasteiger partial charge in [-0.05, 0) is 45.7 Å². The molecule has 15 heteroatoms. The Morgan fingerprint density at radius 3 is 1.93 bits per heavy atom. The molecule has 0 aliphatic carbocycles. The minimum absolute atomic E-state index is 0.0436. The summed E-state index contributed by atoms with van der Waals surface area (Å²) in [5.74, 6) is 0.826. The summed E-state index contributed by atoms with van der Waals surface area (Å²) in [7, 11) is 3.02. The van der Waals surface area contributed by atoms with E-state index in [1.54, 1.807) is 35.9 Å². The molecule has 1 N–H and O–H groups in total. The monoisotopic (exact) mass is 622 g/mol. The van der Waals surface area contributed by atoms with Gasteiger partial charge in [-0.1, -0.05) is 0 Å². The molecular weight excluding hydrogens is 584 g/mol. The van der Waals surface area contributed by atoms with E-state index in [9.17, 15) is 19.2 Å². The Labute approximate surface area is 259 Å². The number of carbonyl (C=O) groups is 2. The molecule has 0 spiro atoms. The number of nitrogens with zero attached hydrogens (tertiary/aromatic N) is 7. The number of ether oxygens (including phenoxy) is 3. The highest BCUT2D eigenvalue weighted by Gasteiger charge is 2.23. The smallest absolute Gasteiger partial charge is 0.407 e. The van der Waals surface area contributed by atoms with Crippen LogP contribution in [-0.2, 0) is 22.6 Å². The maximum absolute atomic E-state index is 12.3. The Morgan fingerprint density at radius 2 is 1.42 bits per heavy atom. The third-order valence-corrected chi connectivity index (χ3v) is 6.95. The van der Waals surface area contributed by atoms with E-state index in [4.69, 9.17) is 14.2 Å². The predicted molar refractivity (Wildman–Crippen MR) is 166 cm³/mol. The third kappa shape index (κ3) is 8.81. The van der Waals surface area contributed by atoms with Crippen LogP contribution in [0.3, 0.4) is 0 Å². The predicted octanol–water partition coefficient (Wildman–Crippen LogP) is 1.79. The number of carbonyl (C=O) groups excluding carboxylic acids is 2. The molecule has 45 heavy (non-hydrogen) atoms. The maximum atomic E-state index is 12.3. The average Bonchev–Trinajstić information content (AvgIpc) is 3.01. The number of methoxy groups -OCH3 is 2. The molecule has 0 aromatic carbocycles. The van der Waals surface area contributed by atoms with Gasteiger partial charge in [0, 0.05) is 44.4 Å². The number of fused-ring (bicyclic) bond motifs is 2. The number of likely N-dealkylation sites (tertiary alicyclic amines) is 1. The fraction of sp³-hybridized carbons (Fsp3) is 0.467. The molecular formula is C30H38N8O7. The molecule has 5 rings (SSSR count). The molecule has 1 saturated heterocycles. The van der Waals surface area contributed by atoms with Gasteiger partial charge in [0.2, 0.25) is 11.8 Å². The van der Waals surface area contributed by atoms with Gasteiger partial charge in [-0.3, -0.25) is 18.7 Å². The number of hydrogen-bond donors (Lipinski definition) is 1. The van der Waals surface area contributed by atoms with Crippen LogP contribution in [0.2, 0.25) is 0 Å². The zero-order valence-corrected chi connectivity index (χ0v) is 26.1. The van der Waals surface area contributed by atoms with Gasteiger partial charge in [0.25, 0.3) is 11.1 Å². The van der Waals surface area contributed by atoms with Crippen molar-refractivity contribution in [2.24, 2.45) is 0 Å². The minimum atomic E-state index is -0.498. The van der Waals surface area contributed by atoms with E-state index >= 15 is 0 Å². The Kier molecular flexibility index (Phi) is 10.8. The van der Waals surface area contributed by atoms with Gasteiger partial charge in [0.05, 0.1) is 33.2 Å². The quantitative estimate of drug-likeness (QED) is 0.283. The van der Waals surface area contributed by atoms with Crippen LogP contribution in [0, 0.1) is 0 Å². The van der Waals surface area contributed by atoms with Crippen LogP contribution in [0.1, 0.15) is 33.6 Å². The topological polar surface area (TPSA) is 173 Å². The average molecular weight is 623 g/mol. The summed E-state index contributed by atoms with van der Waals surface area (Å²) in [6.45, 7) is 8.43. The third-order valence-electron chi connectivity index (χ3n) is 6.95. The molecule has 0 saturated carbocycles. The lowest BCUT2D eigenvalue weighted by Gasteiger charge is -2.32. The number of hydrogen-bond acceptors (Lipinski definition) is 12. The van der Waals surface area contributed by atoms with Crippen LogP contribution >= 0.6 is 0 Å². The number of nitrogens with one attached hydrogen (secondary N) is 1. The first-order valence-electron chi connectivity index (χ1n) is 14.5. The SMILES string of the molecule is COc1ccc2ncc(=O)n(CC=O)c2n1.COc1ccc2ncc(=O)n(CCN3CCC(NC(=O)OC(C)(C)C)CC3)c2n1. The molecule has 4 aromatic heterocycles. The summed E-state index contributed by atoms with van der Waals surface area (Å²) < 4.78 is 18.3. The summed E-state index contributed by atoms with van der Waals surface area (Å²) in [5.41, 5.74) is 1.03. The Hall–Kier alpha value is -4.92. The van der Waals surface area contributed by atoms with Crippen molar-refractivity contribution in [1.29, 1.82) is 0 Å². The van der Waals surface area contributed by atoms with Crippen molar-refractivity contribution in [2.75, 3.05) is 33.9 Å². The second kappa shape index (κ2) is 14.7. The molecule has 0 radical (unpaired) electrons. The largest absolute Gasteiger partial charge is 0.481 e. The lowest BCUT2D eigenvalue weighted by Crippen LogP contribution is -2.46. The fourth-order valence-corrected chi connectivity index (χ4v) is 4.75. The highest BCUT2D eigenvalue weighted by Crippen LogP contribution is 2.16. The number of piperidine rings is 1. The molecule has 5 heterocycles. The normalized spacial score (nSPS) is 14.0. The Morgan fingerprint density at radius 1 is 0.889 bits per heavy atom. The van der Waals surface area contributed by atoms with Crippen molar-refractivity contribution in [3.63, 3.8) is 0 Å². The van der Waals surface area contributed by atoms with E-state index in [1.807, 2.05) is 20.8 Å². The van der Waals surface area contributed by atoms with Gasteiger partial charge in [-0.2, -0.15) is 9.97 Å². The summed E-state index contributed by atoms with van der Waals surface area (Å²) in [6.07, 6.45) is 4.45. The van der Waals surface area contributed by atoms with Gasteiger partial charge in [-0.25, -0.2) is 14.8 Å². The molecule has 0 unspecified atom stereocenters. The number of rotatable bonds is 8. The molecule has 1 aliphatic heterocycles. The van der Waals surface area contributed by atoms with Crippen molar-refractivity contribution in [2.45, 2.75) is 58.3 Å². The number of amides is 1. The number of aromatic nitrogens is 6. The van der Waals surface area contributed by atoms with Crippen molar-refractivity contribution in [3.05, 3.63) is 57.4 Å². The molecule has 240 valence electrons. The first-order valence-corrected chi connectivity index (χ1v) is 14.5. The van der Waals surface area contributed by atoms with Gasteiger partial charge < -0.3 is 29.2 Å². The van der Waals surface area contributed by atoms with E-state index in [2.05, 4.69) is 30.2 Å². The lowest BCUT2D eigenvalue weighted by molar-refractivity contribution is -0.108. The van der Waals surface area contributed by atoms with E-state index < -0.39 is 5.60 Å². The summed E-state index contributed by atoms with van der Waals surface area (Å²) in [5, 5.41) is 2.94. The van der Waals surface area contributed by atoms with E-state index in [0.29, 0.717) is 46.9 Å². The van der Waals surface area contributed by atoms with Crippen LogP contribution in [0.5, 0.6) is 11.8 Å². The van der Waals surface area contributed by atoms with Crippen molar-refractivity contribution < 1.29 is 23.8 Å². The second-order valence-electron chi connectivity index (χ2n) is 11.3. The van der Waals surface area contributed by atoms with Crippen molar-refractivity contribution in [3.8, 4) is 11.8 Å².